The molecule has 0 unspecified atom stereocenters. The molecular weight excluding hydrogens is 552 g/mol. The topological polar surface area (TPSA) is 231 Å². The zero-order valence-electron chi connectivity index (χ0n) is 23.5. The Labute approximate surface area is 238 Å². The predicted octanol–water partition coefficient (Wildman–Crippen LogP) is -2.15. The lowest BCUT2D eigenvalue weighted by atomic mass is 9.98. The maximum absolute atomic E-state index is 12.2. The number of aliphatic hydroxyl groups excluding tert-OH is 7. The Kier molecular flexibility index (Phi) is 15.9. The van der Waals surface area contributed by atoms with Gasteiger partial charge in [-0.3, -0.25) is 9.59 Å². The number of aliphatic hydroxyl groups is 7. The van der Waals surface area contributed by atoms with Crippen LogP contribution in [0, 0.1) is 0 Å². The molecule has 0 amide bonds. The molecule has 0 bridgehead atoms. The first-order valence-electron chi connectivity index (χ1n) is 14.1. The van der Waals surface area contributed by atoms with Crippen LogP contribution in [0.5, 0.6) is 0 Å². The molecule has 240 valence electrons. The zero-order valence-corrected chi connectivity index (χ0v) is 23.5. The van der Waals surface area contributed by atoms with Gasteiger partial charge in [-0.25, -0.2) is 0 Å². The molecule has 0 aromatic rings. The van der Waals surface area contributed by atoms with Crippen molar-refractivity contribution >= 4 is 11.9 Å². The van der Waals surface area contributed by atoms with Crippen LogP contribution in [0.25, 0.3) is 0 Å². The highest BCUT2D eigenvalue weighted by molar-refractivity contribution is 5.70. The summed E-state index contributed by atoms with van der Waals surface area (Å²) in [5, 5.41) is 70.5. The van der Waals surface area contributed by atoms with Crippen molar-refractivity contribution in [3.05, 3.63) is 0 Å². The van der Waals surface area contributed by atoms with Crippen LogP contribution in [0.2, 0.25) is 0 Å². The fourth-order valence-corrected chi connectivity index (χ4v) is 4.25. The smallest absolute Gasteiger partial charge is 0.306 e. The minimum Gasteiger partial charge on any atom is -0.462 e. The van der Waals surface area contributed by atoms with E-state index in [4.69, 9.17) is 28.4 Å². The number of hydrogen-bond donors (Lipinski definition) is 7. The molecule has 0 spiro atoms. The molecule has 0 saturated carbocycles. The van der Waals surface area contributed by atoms with Crippen LogP contribution in [0.15, 0.2) is 0 Å². The summed E-state index contributed by atoms with van der Waals surface area (Å²) in [5.41, 5.74) is 0. The third-order valence-corrected chi connectivity index (χ3v) is 6.84. The summed E-state index contributed by atoms with van der Waals surface area (Å²) in [6, 6.07) is 0. The van der Waals surface area contributed by atoms with Crippen molar-refractivity contribution in [3.8, 4) is 0 Å². The Bertz CT molecular complexity index is 767. The van der Waals surface area contributed by atoms with E-state index in [0.717, 1.165) is 19.3 Å². The summed E-state index contributed by atoms with van der Waals surface area (Å²) in [7, 11) is 0. The molecule has 0 aromatic heterocycles. The molecular formula is C26H46O15. The van der Waals surface area contributed by atoms with Crippen molar-refractivity contribution in [1.29, 1.82) is 0 Å². The second-order valence-electron chi connectivity index (χ2n) is 10.2. The minimum atomic E-state index is -1.75. The largest absolute Gasteiger partial charge is 0.462 e. The lowest BCUT2D eigenvalue weighted by molar-refractivity contribution is -0.332. The van der Waals surface area contributed by atoms with Gasteiger partial charge in [0, 0.05) is 12.8 Å². The van der Waals surface area contributed by atoms with Gasteiger partial charge < -0.3 is 64.2 Å². The second kappa shape index (κ2) is 18.2. The summed E-state index contributed by atoms with van der Waals surface area (Å²) in [6.07, 6.45) is -12.6. The van der Waals surface area contributed by atoms with Gasteiger partial charge in [-0.1, -0.05) is 33.1 Å². The van der Waals surface area contributed by atoms with Gasteiger partial charge in [0.1, 0.15) is 55.4 Å². The monoisotopic (exact) mass is 598 g/mol. The predicted molar refractivity (Wildman–Crippen MR) is 137 cm³/mol. The number of carbonyl (C=O) groups is 2. The molecule has 0 radical (unpaired) electrons. The van der Waals surface area contributed by atoms with Crippen molar-refractivity contribution in [2.75, 3.05) is 26.4 Å². The van der Waals surface area contributed by atoms with Crippen LogP contribution in [0.3, 0.4) is 0 Å². The molecule has 0 aliphatic carbocycles. The highest BCUT2D eigenvalue weighted by Gasteiger charge is 2.47. The van der Waals surface area contributed by atoms with Gasteiger partial charge in [0.15, 0.2) is 18.7 Å². The lowest BCUT2D eigenvalue weighted by Crippen LogP contribution is -2.61. The number of hydrogen-bond acceptors (Lipinski definition) is 15. The fourth-order valence-electron chi connectivity index (χ4n) is 4.25. The van der Waals surface area contributed by atoms with Crippen molar-refractivity contribution in [2.24, 2.45) is 0 Å². The third-order valence-electron chi connectivity index (χ3n) is 6.84. The standard InChI is InChI=1S/C26H46O15/c1-3-5-7-9-17(28)36-11-14(39-18(29)8-6-4-2)12-37-25-24(35)22(33)20(31)16(41-25)13-38-26-23(34)21(32)19(30)15(10-27)40-26/h14-16,19-27,30-35H,3-13H2,1-2H3/t14-,15-,16-,19+,20+,21+,22+,23-,24-,25-,26+/m1/s1. The van der Waals surface area contributed by atoms with Gasteiger partial charge in [0.05, 0.1) is 19.8 Å². The Morgan fingerprint density at radius 3 is 1.85 bits per heavy atom. The van der Waals surface area contributed by atoms with Gasteiger partial charge in [0.25, 0.3) is 0 Å². The summed E-state index contributed by atoms with van der Waals surface area (Å²) < 4.78 is 32.4. The van der Waals surface area contributed by atoms with E-state index in [1.807, 2.05) is 13.8 Å². The van der Waals surface area contributed by atoms with E-state index in [1.165, 1.54) is 0 Å². The van der Waals surface area contributed by atoms with Gasteiger partial charge in [-0.05, 0) is 12.8 Å². The molecule has 15 heteroatoms. The minimum absolute atomic E-state index is 0.141. The van der Waals surface area contributed by atoms with E-state index < -0.39 is 92.7 Å². The van der Waals surface area contributed by atoms with E-state index in [2.05, 4.69) is 0 Å². The van der Waals surface area contributed by atoms with Gasteiger partial charge in [-0.2, -0.15) is 0 Å². The maximum Gasteiger partial charge on any atom is 0.306 e. The summed E-state index contributed by atoms with van der Waals surface area (Å²) in [6.45, 7) is 2.01. The molecule has 41 heavy (non-hydrogen) atoms. The molecule has 2 aliphatic rings. The highest BCUT2D eigenvalue weighted by Crippen LogP contribution is 2.26. The Hall–Kier alpha value is -1.50. The van der Waals surface area contributed by atoms with Crippen molar-refractivity contribution < 1.29 is 73.8 Å². The number of carbonyl (C=O) groups excluding carboxylic acids is 2. The van der Waals surface area contributed by atoms with E-state index in [-0.39, 0.29) is 26.1 Å². The van der Waals surface area contributed by atoms with Crippen molar-refractivity contribution in [1.82, 2.24) is 0 Å². The summed E-state index contributed by atoms with van der Waals surface area (Å²) in [4.78, 5) is 24.3. The first-order chi connectivity index (χ1) is 19.5. The van der Waals surface area contributed by atoms with Crippen LogP contribution < -0.4 is 0 Å². The van der Waals surface area contributed by atoms with Crippen LogP contribution >= 0.6 is 0 Å². The van der Waals surface area contributed by atoms with Gasteiger partial charge in [0.2, 0.25) is 0 Å². The Morgan fingerprint density at radius 2 is 1.24 bits per heavy atom. The average molecular weight is 599 g/mol. The number of rotatable bonds is 17. The molecule has 2 heterocycles. The van der Waals surface area contributed by atoms with Gasteiger partial charge in [-0.15, -0.1) is 0 Å². The molecule has 2 saturated heterocycles. The summed E-state index contributed by atoms with van der Waals surface area (Å²) in [5.74, 6) is -1.00. The molecule has 2 aliphatic heterocycles. The number of ether oxygens (including phenoxy) is 6. The Morgan fingerprint density at radius 1 is 0.683 bits per heavy atom. The molecule has 7 N–H and O–H groups in total. The van der Waals surface area contributed by atoms with Gasteiger partial charge >= 0.3 is 11.9 Å². The molecule has 0 aromatic carbocycles. The van der Waals surface area contributed by atoms with Crippen molar-refractivity contribution in [2.45, 2.75) is 126 Å². The molecule has 15 nitrogen and oxygen atoms in total. The highest BCUT2D eigenvalue weighted by atomic mass is 16.7. The Balaban J connectivity index is 1.98. The number of esters is 2. The second-order valence-corrected chi connectivity index (χ2v) is 10.2. The van der Waals surface area contributed by atoms with Crippen LogP contribution in [0.1, 0.15) is 58.8 Å². The van der Waals surface area contributed by atoms with E-state index in [0.29, 0.717) is 12.8 Å². The zero-order chi connectivity index (χ0) is 30.5. The van der Waals surface area contributed by atoms with E-state index >= 15 is 0 Å². The third kappa shape index (κ3) is 10.9. The molecule has 11 atom stereocenters. The first-order valence-corrected chi connectivity index (χ1v) is 14.1. The van der Waals surface area contributed by atoms with Crippen LogP contribution in [0.4, 0.5) is 0 Å². The molecule has 2 rings (SSSR count). The maximum atomic E-state index is 12.2. The molecule has 2 fully saturated rings. The lowest BCUT2D eigenvalue weighted by Gasteiger charge is -2.42. The van der Waals surface area contributed by atoms with Crippen molar-refractivity contribution in [3.63, 3.8) is 0 Å². The fraction of sp³-hybridized carbons (Fsp3) is 0.923. The normalized spacial score (nSPS) is 34.7. The van der Waals surface area contributed by atoms with Crippen LogP contribution in [-0.4, -0.2) is 142 Å². The average Bonchev–Trinajstić information content (AvgIpc) is 2.96. The van der Waals surface area contributed by atoms with E-state index in [1.54, 1.807) is 0 Å². The van der Waals surface area contributed by atoms with E-state index in [9.17, 15) is 45.3 Å². The number of unbranched alkanes of at least 4 members (excludes halogenated alkanes) is 3. The summed E-state index contributed by atoms with van der Waals surface area (Å²) >= 11 is 0. The SMILES string of the molecule is CCCCCC(=O)OC[C@H](CO[C@@H]1O[C@H](CO[C@H]2O[C@H](CO)[C@H](O)[C@H](O)[C@H]2O)[C@H](O)[C@H](O)[C@H]1O)OC(=O)CCCC. The van der Waals surface area contributed by atoms with Crippen LogP contribution in [-0.2, 0) is 38.0 Å². The first kappa shape index (κ1) is 35.7. The quantitative estimate of drug-likeness (QED) is 0.0699.